The molecule has 1 aliphatic carbocycles. The number of hydrogen-bond acceptors (Lipinski definition) is 4. The lowest BCUT2D eigenvalue weighted by molar-refractivity contribution is -0.120. The molecule has 0 radical (unpaired) electrons. The van der Waals surface area contributed by atoms with E-state index >= 15 is 0 Å². The molecule has 1 saturated heterocycles. The van der Waals surface area contributed by atoms with Crippen LogP contribution >= 0.6 is 0 Å². The highest BCUT2D eigenvalue weighted by atomic mass is 16.5. The van der Waals surface area contributed by atoms with Gasteiger partial charge in [0.1, 0.15) is 0 Å². The van der Waals surface area contributed by atoms with Crippen LogP contribution < -0.4 is 10.6 Å². The number of rotatable bonds is 7. The number of carbonyl (C=O) groups excluding carboxylic acids is 1. The van der Waals surface area contributed by atoms with E-state index in [4.69, 9.17) is 4.74 Å². The molecule has 2 bridgehead atoms. The van der Waals surface area contributed by atoms with Crippen LogP contribution in [0.1, 0.15) is 25.3 Å². The van der Waals surface area contributed by atoms with Crippen LogP contribution in [0.4, 0.5) is 0 Å². The number of piperidine rings is 1. The zero-order valence-corrected chi connectivity index (χ0v) is 14.4. The molecule has 5 heteroatoms. The number of methoxy groups -OCH3 is 1. The summed E-state index contributed by atoms with van der Waals surface area (Å²) in [7, 11) is 1.73. The van der Waals surface area contributed by atoms with Crippen molar-refractivity contribution in [2.45, 2.75) is 50.4 Å². The molecule has 24 heavy (non-hydrogen) atoms. The van der Waals surface area contributed by atoms with Crippen LogP contribution in [0.25, 0.3) is 0 Å². The van der Waals surface area contributed by atoms with Gasteiger partial charge in [-0.15, -0.1) is 0 Å². The minimum Gasteiger partial charge on any atom is -0.389 e. The van der Waals surface area contributed by atoms with Crippen LogP contribution in [-0.2, 0) is 16.0 Å². The minimum atomic E-state index is -0.608. The van der Waals surface area contributed by atoms with Crippen LogP contribution in [0.5, 0.6) is 0 Å². The van der Waals surface area contributed by atoms with E-state index in [9.17, 15) is 9.90 Å². The normalized spacial score (nSPS) is 31.0. The fourth-order valence-electron chi connectivity index (χ4n) is 4.54. The van der Waals surface area contributed by atoms with E-state index in [-0.39, 0.29) is 18.0 Å². The number of carbonyl (C=O) groups is 1. The average molecular weight is 332 g/mol. The van der Waals surface area contributed by atoms with E-state index in [2.05, 4.69) is 10.6 Å². The Morgan fingerprint density at radius 3 is 2.79 bits per heavy atom. The van der Waals surface area contributed by atoms with Gasteiger partial charge in [0.05, 0.1) is 18.8 Å². The van der Waals surface area contributed by atoms with Crippen molar-refractivity contribution in [1.82, 2.24) is 10.6 Å². The monoisotopic (exact) mass is 332 g/mol. The van der Waals surface area contributed by atoms with E-state index in [0.717, 1.165) is 25.0 Å². The van der Waals surface area contributed by atoms with Crippen molar-refractivity contribution in [3.05, 3.63) is 35.9 Å². The lowest BCUT2D eigenvalue weighted by Crippen LogP contribution is -2.55. The summed E-state index contributed by atoms with van der Waals surface area (Å²) >= 11 is 0. The van der Waals surface area contributed by atoms with Crippen LogP contribution in [0.15, 0.2) is 30.3 Å². The fourth-order valence-corrected chi connectivity index (χ4v) is 4.54. The van der Waals surface area contributed by atoms with Crippen molar-refractivity contribution in [3.63, 3.8) is 0 Å². The molecule has 5 nitrogen and oxygen atoms in total. The van der Waals surface area contributed by atoms with Crippen molar-refractivity contribution >= 4 is 5.91 Å². The molecule has 1 amide bonds. The molecule has 3 rings (SSSR count). The Morgan fingerprint density at radius 1 is 1.38 bits per heavy atom. The molecule has 2 aliphatic rings. The summed E-state index contributed by atoms with van der Waals surface area (Å²) in [4.78, 5) is 11.6. The van der Waals surface area contributed by atoms with E-state index in [1.165, 1.54) is 6.92 Å². The van der Waals surface area contributed by atoms with Gasteiger partial charge in [-0.1, -0.05) is 30.3 Å². The average Bonchev–Trinajstić information content (AvgIpc) is 3.11. The Kier molecular flexibility index (Phi) is 5.54. The predicted octanol–water partition coefficient (Wildman–Crippen LogP) is 1.11. The lowest BCUT2D eigenvalue weighted by atomic mass is 9.85. The van der Waals surface area contributed by atoms with Crippen molar-refractivity contribution in [2.24, 2.45) is 11.8 Å². The first-order valence-electron chi connectivity index (χ1n) is 8.84. The summed E-state index contributed by atoms with van der Waals surface area (Å²) in [5, 5.41) is 17.5. The molecule has 1 aliphatic heterocycles. The third-order valence-electron chi connectivity index (χ3n) is 5.57. The molecule has 1 heterocycles. The van der Waals surface area contributed by atoms with Crippen LogP contribution in [0.3, 0.4) is 0 Å². The molecule has 132 valence electrons. The number of hydrogen-bond donors (Lipinski definition) is 3. The highest BCUT2D eigenvalue weighted by molar-refractivity contribution is 5.73. The molecule has 1 saturated carbocycles. The van der Waals surface area contributed by atoms with Gasteiger partial charge >= 0.3 is 0 Å². The molecule has 2 fully saturated rings. The maximum atomic E-state index is 11.6. The summed E-state index contributed by atoms with van der Waals surface area (Å²) in [6, 6.07) is 10.2. The second-order valence-electron chi connectivity index (χ2n) is 7.15. The minimum absolute atomic E-state index is 0.0180. The molecule has 0 aromatic heterocycles. The molecule has 6 unspecified atom stereocenters. The lowest BCUT2D eigenvalue weighted by Gasteiger charge is -2.33. The maximum absolute atomic E-state index is 11.6. The number of amides is 1. The molecule has 1 aromatic carbocycles. The van der Waals surface area contributed by atoms with Crippen LogP contribution in [0.2, 0.25) is 0 Å². The van der Waals surface area contributed by atoms with Gasteiger partial charge in [0.2, 0.25) is 5.91 Å². The van der Waals surface area contributed by atoms with Crippen molar-refractivity contribution in [2.75, 3.05) is 13.7 Å². The first kappa shape index (κ1) is 17.4. The molecule has 1 aromatic rings. The van der Waals surface area contributed by atoms with Crippen molar-refractivity contribution < 1.29 is 14.6 Å². The molecule has 0 spiro atoms. The first-order valence-corrected chi connectivity index (χ1v) is 8.84. The Labute approximate surface area is 143 Å². The van der Waals surface area contributed by atoms with E-state index < -0.39 is 6.10 Å². The van der Waals surface area contributed by atoms with Gasteiger partial charge in [-0.2, -0.15) is 0 Å². The Morgan fingerprint density at radius 2 is 2.12 bits per heavy atom. The topological polar surface area (TPSA) is 70.6 Å². The smallest absolute Gasteiger partial charge is 0.217 e. The molecule has 6 atom stereocenters. The molecular weight excluding hydrogens is 304 g/mol. The summed E-state index contributed by atoms with van der Waals surface area (Å²) in [6.45, 7) is 2.24. The maximum Gasteiger partial charge on any atom is 0.217 e. The Bertz CT molecular complexity index is 551. The van der Waals surface area contributed by atoms with Gasteiger partial charge in [-0.3, -0.25) is 4.79 Å². The largest absolute Gasteiger partial charge is 0.389 e. The number of ether oxygens (including phenoxy) is 1. The third-order valence-corrected chi connectivity index (χ3v) is 5.57. The number of fused-ring (bicyclic) bond motifs is 2. The van der Waals surface area contributed by atoms with Crippen LogP contribution in [0, 0.1) is 11.8 Å². The Balaban J connectivity index is 1.72. The van der Waals surface area contributed by atoms with Gasteiger partial charge in [0.25, 0.3) is 0 Å². The number of benzene rings is 1. The summed E-state index contributed by atoms with van der Waals surface area (Å²) < 4.78 is 5.36. The van der Waals surface area contributed by atoms with Gasteiger partial charge in [0.15, 0.2) is 0 Å². The third kappa shape index (κ3) is 3.63. The summed E-state index contributed by atoms with van der Waals surface area (Å²) in [6.07, 6.45) is 2.28. The Hall–Kier alpha value is -1.43. The number of nitrogens with one attached hydrogen (secondary N) is 2. The van der Waals surface area contributed by atoms with Crippen molar-refractivity contribution in [1.29, 1.82) is 0 Å². The fraction of sp³-hybridized carbons (Fsp3) is 0.632. The predicted molar refractivity (Wildman–Crippen MR) is 92.6 cm³/mol. The highest BCUT2D eigenvalue weighted by Gasteiger charge is 2.51. The number of aliphatic hydroxyl groups excluding tert-OH is 1. The van der Waals surface area contributed by atoms with E-state index in [1.807, 2.05) is 30.3 Å². The summed E-state index contributed by atoms with van der Waals surface area (Å²) in [5.41, 5.74) is 1.12. The molecule has 3 N–H and O–H groups in total. The standard InChI is InChI=1S/C19H28N2O3/c1-12(22)20-17(10-13-6-4-3-5-7-13)19(23)18-14-8-9-16(21-18)15(14)11-24-2/h3-7,14-19,21,23H,8-11H2,1-2H3,(H,20,22). The second kappa shape index (κ2) is 7.64. The zero-order chi connectivity index (χ0) is 17.1. The van der Waals surface area contributed by atoms with Gasteiger partial charge in [0, 0.05) is 32.0 Å². The van der Waals surface area contributed by atoms with Gasteiger partial charge in [-0.25, -0.2) is 0 Å². The first-order chi connectivity index (χ1) is 11.6. The van der Waals surface area contributed by atoms with Crippen molar-refractivity contribution in [3.8, 4) is 0 Å². The quantitative estimate of drug-likeness (QED) is 0.699. The van der Waals surface area contributed by atoms with Gasteiger partial charge < -0.3 is 20.5 Å². The number of aliphatic hydroxyl groups is 1. The van der Waals surface area contributed by atoms with E-state index in [0.29, 0.717) is 24.3 Å². The second-order valence-corrected chi connectivity index (χ2v) is 7.15. The zero-order valence-electron chi connectivity index (χ0n) is 14.4. The van der Waals surface area contributed by atoms with Gasteiger partial charge in [-0.05, 0) is 30.7 Å². The molecular formula is C19H28N2O3. The highest BCUT2D eigenvalue weighted by Crippen LogP contribution is 2.42. The van der Waals surface area contributed by atoms with Crippen LogP contribution in [-0.4, -0.2) is 49.0 Å². The van der Waals surface area contributed by atoms with E-state index in [1.54, 1.807) is 7.11 Å². The SMILES string of the molecule is COCC1C2CCC1C(C(O)C(Cc1ccccc1)NC(C)=O)N2. The summed E-state index contributed by atoms with van der Waals surface area (Å²) in [5.74, 6) is 0.771.